The van der Waals surface area contributed by atoms with Gasteiger partial charge in [-0.1, -0.05) is 6.92 Å². The number of aryl methyl sites for hydroxylation is 2. The first kappa shape index (κ1) is 14.4. The van der Waals surface area contributed by atoms with Gasteiger partial charge >= 0.3 is 0 Å². The van der Waals surface area contributed by atoms with Gasteiger partial charge in [-0.2, -0.15) is 5.10 Å². The summed E-state index contributed by atoms with van der Waals surface area (Å²) in [5.74, 6) is 7.12. The predicted octanol–water partition coefficient (Wildman–Crippen LogP) is 0.953. The smallest absolute Gasteiger partial charge is 0.162 e. The Hall–Kier alpha value is -1.99. The molecule has 0 aliphatic heterocycles. The van der Waals surface area contributed by atoms with Crippen LogP contribution in [0.1, 0.15) is 36.6 Å². The number of nitrogens with two attached hydrogens (primary N) is 1. The highest BCUT2D eigenvalue weighted by atomic mass is 16.5. The summed E-state index contributed by atoms with van der Waals surface area (Å²) < 4.78 is 7.27. The zero-order valence-corrected chi connectivity index (χ0v) is 12.0. The molecule has 1 unspecified atom stereocenters. The molecule has 108 valence electrons. The van der Waals surface area contributed by atoms with Gasteiger partial charge in [0.1, 0.15) is 17.6 Å². The minimum Gasteiger partial charge on any atom is -0.493 e. The summed E-state index contributed by atoms with van der Waals surface area (Å²) in [6.07, 6.45) is 4.39. The third-order valence-electron chi connectivity index (χ3n) is 3.03. The maximum atomic E-state index is 5.73. The first-order valence-corrected chi connectivity index (χ1v) is 6.56. The minimum atomic E-state index is -0.291. The molecule has 0 fully saturated rings. The third kappa shape index (κ3) is 2.78. The molecule has 0 aliphatic rings. The van der Waals surface area contributed by atoms with Gasteiger partial charge in [-0.05, 0) is 19.4 Å². The molecule has 7 nitrogen and oxygen atoms in total. The third-order valence-corrected chi connectivity index (χ3v) is 3.03. The van der Waals surface area contributed by atoms with Crippen LogP contribution in [0, 0.1) is 6.92 Å². The van der Waals surface area contributed by atoms with Crippen molar-refractivity contribution in [1.82, 2.24) is 25.2 Å². The fourth-order valence-electron chi connectivity index (χ4n) is 2.16. The molecule has 2 aromatic heterocycles. The second-order valence-corrected chi connectivity index (χ2v) is 4.45. The Kier molecular flexibility index (Phi) is 4.65. The molecule has 0 amide bonds. The molecule has 7 heteroatoms. The van der Waals surface area contributed by atoms with E-state index in [1.807, 2.05) is 17.7 Å². The molecule has 2 rings (SSSR count). The minimum absolute atomic E-state index is 0.291. The summed E-state index contributed by atoms with van der Waals surface area (Å²) in [4.78, 5) is 8.53. The monoisotopic (exact) mass is 276 g/mol. The molecule has 1 atom stereocenters. The van der Waals surface area contributed by atoms with Crippen LogP contribution in [0.3, 0.4) is 0 Å². The molecule has 2 heterocycles. The molecule has 0 saturated carbocycles. The van der Waals surface area contributed by atoms with Crippen molar-refractivity contribution in [2.24, 2.45) is 5.84 Å². The summed E-state index contributed by atoms with van der Waals surface area (Å²) in [7, 11) is 1.62. The number of ether oxygens (including phenoxy) is 1. The lowest BCUT2D eigenvalue weighted by Gasteiger charge is -2.18. The Balaban J connectivity index is 2.48. The Bertz CT molecular complexity index is 568. The summed E-state index contributed by atoms with van der Waals surface area (Å²) in [5.41, 5.74) is 4.45. The van der Waals surface area contributed by atoms with Crippen LogP contribution in [0.4, 0.5) is 0 Å². The molecular formula is C13H20N6O. The molecule has 0 bridgehead atoms. The Morgan fingerprint density at radius 2 is 2.30 bits per heavy atom. The maximum Gasteiger partial charge on any atom is 0.162 e. The quantitative estimate of drug-likeness (QED) is 0.603. The van der Waals surface area contributed by atoms with Crippen molar-refractivity contribution in [2.75, 3.05) is 7.11 Å². The van der Waals surface area contributed by atoms with E-state index in [4.69, 9.17) is 10.6 Å². The van der Waals surface area contributed by atoms with Crippen molar-refractivity contribution in [1.29, 1.82) is 0 Å². The summed E-state index contributed by atoms with van der Waals surface area (Å²) in [6, 6.07) is 1.54. The van der Waals surface area contributed by atoms with Crippen molar-refractivity contribution in [3.63, 3.8) is 0 Å². The van der Waals surface area contributed by atoms with Crippen LogP contribution < -0.4 is 16.0 Å². The van der Waals surface area contributed by atoms with E-state index in [1.54, 1.807) is 19.5 Å². The predicted molar refractivity (Wildman–Crippen MR) is 75.0 cm³/mol. The van der Waals surface area contributed by atoms with E-state index in [2.05, 4.69) is 27.4 Å². The molecule has 0 aromatic carbocycles. The van der Waals surface area contributed by atoms with Gasteiger partial charge < -0.3 is 4.74 Å². The molecule has 0 radical (unpaired) electrons. The zero-order chi connectivity index (χ0) is 14.5. The Labute approximate surface area is 118 Å². The summed E-state index contributed by atoms with van der Waals surface area (Å²) in [6.45, 7) is 4.73. The average molecular weight is 276 g/mol. The van der Waals surface area contributed by atoms with Gasteiger partial charge in [0, 0.05) is 12.7 Å². The first-order valence-electron chi connectivity index (χ1n) is 6.56. The fraction of sp³-hybridized carbons (Fsp3) is 0.462. The van der Waals surface area contributed by atoms with Crippen molar-refractivity contribution >= 4 is 0 Å². The number of hydrogen-bond acceptors (Lipinski definition) is 6. The lowest BCUT2D eigenvalue weighted by molar-refractivity contribution is 0.397. The standard InChI is InChI=1S/C13H20N6O/c1-4-7-19-13(11(20-3)8-16-19)12(18-14)10-5-6-15-9(2)17-10/h5-6,8,12,18H,4,7,14H2,1-3H3. The van der Waals surface area contributed by atoms with Gasteiger partial charge in [0.25, 0.3) is 0 Å². The summed E-state index contributed by atoms with van der Waals surface area (Å²) >= 11 is 0. The normalized spacial score (nSPS) is 12.4. The van der Waals surface area contributed by atoms with Gasteiger partial charge in [0.05, 0.1) is 19.0 Å². The van der Waals surface area contributed by atoms with Crippen molar-refractivity contribution in [2.45, 2.75) is 32.9 Å². The SMILES string of the molecule is CCCn1ncc(OC)c1C(NN)c1ccnc(C)n1. The van der Waals surface area contributed by atoms with Crippen molar-refractivity contribution in [3.05, 3.63) is 35.7 Å². The van der Waals surface area contributed by atoms with E-state index in [1.165, 1.54) is 0 Å². The van der Waals surface area contributed by atoms with Crippen molar-refractivity contribution < 1.29 is 4.74 Å². The van der Waals surface area contributed by atoms with Crippen LogP contribution >= 0.6 is 0 Å². The number of nitrogens with one attached hydrogen (secondary N) is 1. The van der Waals surface area contributed by atoms with E-state index >= 15 is 0 Å². The van der Waals surface area contributed by atoms with Crippen LogP contribution in [0.15, 0.2) is 18.5 Å². The fourth-order valence-corrected chi connectivity index (χ4v) is 2.16. The van der Waals surface area contributed by atoms with Gasteiger partial charge in [-0.3, -0.25) is 10.5 Å². The van der Waals surface area contributed by atoms with Crippen LogP contribution in [-0.4, -0.2) is 26.9 Å². The van der Waals surface area contributed by atoms with E-state index in [0.717, 1.165) is 24.4 Å². The molecule has 0 aliphatic carbocycles. The second-order valence-electron chi connectivity index (χ2n) is 4.45. The highest BCUT2D eigenvalue weighted by Gasteiger charge is 2.23. The number of nitrogens with zero attached hydrogens (tertiary/aromatic N) is 4. The van der Waals surface area contributed by atoms with Crippen LogP contribution in [0.5, 0.6) is 5.75 Å². The highest BCUT2D eigenvalue weighted by Crippen LogP contribution is 2.28. The number of hydrazine groups is 1. The van der Waals surface area contributed by atoms with Crippen LogP contribution in [-0.2, 0) is 6.54 Å². The highest BCUT2D eigenvalue weighted by molar-refractivity contribution is 5.33. The van der Waals surface area contributed by atoms with Crippen LogP contribution in [0.2, 0.25) is 0 Å². The van der Waals surface area contributed by atoms with Crippen molar-refractivity contribution in [3.8, 4) is 5.75 Å². The van der Waals surface area contributed by atoms with E-state index < -0.39 is 0 Å². The Morgan fingerprint density at radius 1 is 1.50 bits per heavy atom. The topological polar surface area (TPSA) is 90.9 Å². The summed E-state index contributed by atoms with van der Waals surface area (Å²) in [5, 5.41) is 4.35. The second kappa shape index (κ2) is 6.44. The van der Waals surface area contributed by atoms with E-state index in [9.17, 15) is 0 Å². The zero-order valence-electron chi connectivity index (χ0n) is 12.0. The first-order chi connectivity index (χ1) is 9.71. The number of rotatable bonds is 6. The molecule has 0 saturated heterocycles. The van der Waals surface area contributed by atoms with Gasteiger partial charge in [0.2, 0.25) is 0 Å². The number of hydrogen-bond donors (Lipinski definition) is 2. The van der Waals surface area contributed by atoms with Crippen LogP contribution in [0.25, 0.3) is 0 Å². The molecule has 0 spiro atoms. The lowest BCUT2D eigenvalue weighted by Crippen LogP contribution is -2.32. The van der Waals surface area contributed by atoms with E-state index in [0.29, 0.717) is 11.6 Å². The Morgan fingerprint density at radius 3 is 2.90 bits per heavy atom. The van der Waals surface area contributed by atoms with Gasteiger partial charge in [-0.15, -0.1) is 0 Å². The average Bonchev–Trinajstić information content (AvgIpc) is 2.84. The molecule has 20 heavy (non-hydrogen) atoms. The molecule has 3 N–H and O–H groups in total. The number of methoxy groups -OCH3 is 1. The molecular weight excluding hydrogens is 256 g/mol. The molecule has 2 aromatic rings. The maximum absolute atomic E-state index is 5.73. The largest absolute Gasteiger partial charge is 0.493 e. The van der Waals surface area contributed by atoms with Gasteiger partial charge in [0.15, 0.2) is 5.75 Å². The van der Waals surface area contributed by atoms with Gasteiger partial charge in [-0.25, -0.2) is 15.4 Å². The lowest BCUT2D eigenvalue weighted by atomic mass is 10.1. The van der Waals surface area contributed by atoms with E-state index in [-0.39, 0.29) is 6.04 Å². The number of aromatic nitrogens is 4.